The van der Waals surface area contributed by atoms with Gasteiger partial charge in [0.15, 0.2) is 5.60 Å². The van der Waals surface area contributed by atoms with Crippen molar-refractivity contribution in [2.75, 3.05) is 6.54 Å². The fourth-order valence-electron chi connectivity index (χ4n) is 5.72. The van der Waals surface area contributed by atoms with Crippen LogP contribution in [0, 0.1) is 11.8 Å². The molecule has 1 saturated carbocycles. The van der Waals surface area contributed by atoms with E-state index in [4.69, 9.17) is 0 Å². The van der Waals surface area contributed by atoms with Crippen LogP contribution in [-0.4, -0.2) is 59.2 Å². The molecule has 2 fully saturated rings. The predicted octanol–water partition coefficient (Wildman–Crippen LogP) is 1.29. The van der Waals surface area contributed by atoms with Crippen molar-refractivity contribution in [3.8, 4) is 11.1 Å². The summed E-state index contributed by atoms with van der Waals surface area (Å²) >= 11 is 0. The Labute approximate surface area is 238 Å². The molecule has 3 atom stereocenters. The van der Waals surface area contributed by atoms with Crippen LogP contribution in [0.4, 0.5) is 0 Å². The highest BCUT2D eigenvalue weighted by Crippen LogP contribution is 2.47. The molecule has 0 radical (unpaired) electrons. The molecular formula is C31H36N4O6. The van der Waals surface area contributed by atoms with Gasteiger partial charge in [0.2, 0.25) is 17.6 Å². The number of nitrogens with one attached hydrogen (secondary N) is 4. The van der Waals surface area contributed by atoms with E-state index in [1.165, 1.54) is 0 Å². The van der Waals surface area contributed by atoms with Gasteiger partial charge in [-0.05, 0) is 49.1 Å². The van der Waals surface area contributed by atoms with Crippen LogP contribution >= 0.6 is 0 Å². The number of fused-ring (bicyclic) bond motifs is 3. The molecule has 1 aliphatic heterocycles. The van der Waals surface area contributed by atoms with Gasteiger partial charge in [0.25, 0.3) is 11.8 Å². The van der Waals surface area contributed by atoms with E-state index < -0.39 is 47.1 Å². The molecule has 0 aromatic heterocycles. The van der Waals surface area contributed by atoms with E-state index in [2.05, 4.69) is 21.3 Å². The molecule has 5 N–H and O–H groups in total. The number of benzene rings is 2. The maximum atomic E-state index is 13.8. The van der Waals surface area contributed by atoms with Crippen LogP contribution in [0.3, 0.4) is 0 Å². The smallest absolute Gasteiger partial charge is 0.289 e. The number of ketones is 1. The zero-order valence-corrected chi connectivity index (χ0v) is 23.2. The van der Waals surface area contributed by atoms with Gasteiger partial charge in [-0.15, -0.1) is 0 Å². The second kappa shape index (κ2) is 11.4. The van der Waals surface area contributed by atoms with E-state index >= 15 is 0 Å². The molecule has 41 heavy (non-hydrogen) atoms. The van der Waals surface area contributed by atoms with Crippen LogP contribution in [-0.2, 0) is 29.6 Å². The summed E-state index contributed by atoms with van der Waals surface area (Å²) in [4.78, 5) is 65.5. The molecule has 1 heterocycles. The van der Waals surface area contributed by atoms with Gasteiger partial charge in [-0.2, -0.15) is 0 Å². The molecule has 10 nitrogen and oxygen atoms in total. The number of amides is 4. The lowest BCUT2D eigenvalue weighted by Crippen LogP contribution is -2.57. The summed E-state index contributed by atoms with van der Waals surface area (Å²) in [6.45, 7) is 4.23. The number of hydrogen-bond donors (Lipinski definition) is 5. The van der Waals surface area contributed by atoms with Gasteiger partial charge in [0, 0.05) is 29.6 Å². The second-order valence-electron chi connectivity index (χ2n) is 11.6. The number of aliphatic hydroxyl groups is 1. The molecule has 5 rings (SSSR count). The minimum Gasteiger partial charge on any atom is -0.372 e. The van der Waals surface area contributed by atoms with E-state index in [0.717, 1.165) is 24.0 Å². The molecule has 3 aliphatic rings. The topological polar surface area (TPSA) is 154 Å². The third kappa shape index (κ3) is 5.74. The van der Waals surface area contributed by atoms with Crippen LogP contribution in [0.1, 0.15) is 57.1 Å². The normalized spacial score (nSPS) is 19.9. The fraction of sp³-hybridized carbons (Fsp3) is 0.452. The largest absolute Gasteiger partial charge is 0.372 e. The Balaban J connectivity index is 1.38. The molecule has 216 valence electrons. The lowest BCUT2D eigenvalue weighted by molar-refractivity contribution is -0.142. The molecule has 0 bridgehead atoms. The zero-order valence-electron chi connectivity index (χ0n) is 23.2. The van der Waals surface area contributed by atoms with Crippen molar-refractivity contribution in [2.24, 2.45) is 11.8 Å². The average Bonchev–Trinajstić information content (AvgIpc) is 3.62. The minimum atomic E-state index is -2.02. The molecule has 0 unspecified atom stereocenters. The van der Waals surface area contributed by atoms with Gasteiger partial charge in [-0.3, -0.25) is 24.0 Å². The monoisotopic (exact) mass is 560 g/mol. The van der Waals surface area contributed by atoms with Crippen molar-refractivity contribution in [3.63, 3.8) is 0 Å². The maximum absolute atomic E-state index is 13.8. The van der Waals surface area contributed by atoms with E-state index in [9.17, 15) is 29.1 Å². The van der Waals surface area contributed by atoms with Crippen LogP contribution in [0.25, 0.3) is 11.1 Å². The molecule has 0 spiro atoms. The number of Topliss-reactive ketones (excluding diaryl/α,β-unsaturated/α-hetero) is 1. The molecule has 4 amide bonds. The molecule has 10 heteroatoms. The van der Waals surface area contributed by atoms with Crippen LogP contribution in [0.2, 0.25) is 0 Å². The summed E-state index contributed by atoms with van der Waals surface area (Å²) in [6, 6.07) is 11.8. The Morgan fingerprint density at radius 1 is 0.927 bits per heavy atom. The summed E-state index contributed by atoms with van der Waals surface area (Å²) < 4.78 is 0. The van der Waals surface area contributed by atoms with Crippen LogP contribution in [0.15, 0.2) is 48.5 Å². The Morgan fingerprint density at radius 3 is 2.07 bits per heavy atom. The highest BCUT2D eigenvalue weighted by atomic mass is 16.3. The molecule has 1 saturated heterocycles. The summed E-state index contributed by atoms with van der Waals surface area (Å²) in [5.74, 6) is -3.83. The van der Waals surface area contributed by atoms with E-state index in [1.54, 1.807) is 24.3 Å². The standard InChI is InChI=1S/C31H36N4O6/c1-17(2)15-25(35-30(40)31(41)22-9-5-3-7-20(22)21-8-4-6-10-23(21)31)28(38)34-24(16-18-13-14-32-27(18)37)26(36)29(39)33-19-11-12-19/h3-10,17-19,24-25,41H,11-16H2,1-2H3,(H,32,37)(H,33,39)(H,34,38)(H,35,40)/t18-,24-,25-/m1/s1. The number of carbonyl (C=O) groups is 5. The summed E-state index contributed by atoms with van der Waals surface area (Å²) in [5.41, 5.74) is 0.267. The fourth-order valence-corrected chi connectivity index (χ4v) is 5.72. The number of rotatable bonds is 11. The van der Waals surface area contributed by atoms with Gasteiger partial charge in [-0.1, -0.05) is 62.4 Å². The van der Waals surface area contributed by atoms with Gasteiger partial charge in [0.1, 0.15) is 6.04 Å². The Hall–Kier alpha value is -4.05. The first kappa shape index (κ1) is 28.5. The quantitative estimate of drug-likeness (QED) is 0.261. The lowest BCUT2D eigenvalue weighted by atomic mass is 9.89. The Morgan fingerprint density at radius 2 is 1.54 bits per heavy atom. The van der Waals surface area contributed by atoms with Crippen molar-refractivity contribution in [2.45, 2.75) is 69.7 Å². The predicted molar refractivity (Wildman–Crippen MR) is 150 cm³/mol. The maximum Gasteiger partial charge on any atom is 0.289 e. The van der Waals surface area contributed by atoms with Gasteiger partial charge < -0.3 is 26.4 Å². The van der Waals surface area contributed by atoms with Gasteiger partial charge >= 0.3 is 0 Å². The second-order valence-corrected chi connectivity index (χ2v) is 11.6. The van der Waals surface area contributed by atoms with E-state index in [1.807, 2.05) is 38.1 Å². The summed E-state index contributed by atoms with van der Waals surface area (Å²) in [7, 11) is 0. The van der Waals surface area contributed by atoms with Crippen molar-refractivity contribution in [3.05, 3.63) is 59.7 Å². The minimum absolute atomic E-state index is 0.0263. The van der Waals surface area contributed by atoms with Crippen molar-refractivity contribution < 1.29 is 29.1 Å². The average molecular weight is 561 g/mol. The Bertz CT molecular complexity index is 1340. The van der Waals surface area contributed by atoms with E-state index in [0.29, 0.717) is 24.1 Å². The molecule has 2 aromatic carbocycles. The highest BCUT2D eigenvalue weighted by Gasteiger charge is 2.48. The SMILES string of the molecule is CC(C)C[C@@H](NC(=O)C1(O)c2ccccc2-c2ccccc21)C(=O)N[C@H](C[C@H]1CCNC1=O)C(=O)C(=O)NC1CC1. The van der Waals surface area contributed by atoms with E-state index in [-0.39, 0.29) is 30.7 Å². The molecular weight excluding hydrogens is 524 g/mol. The first-order valence-corrected chi connectivity index (χ1v) is 14.2. The summed E-state index contributed by atoms with van der Waals surface area (Å²) in [6.07, 6.45) is 2.26. The lowest BCUT2D eigenvalue weighted by Gasteiger charge is -2.29. The van der Waals surface area contributed by atoms with Gasteiger partial charge in [-0.25, -0.2) is 0 Å². The molecule has 2 aromatic rings. The zero-order chi connectivity index (χ0) is 29.3. The van der Waals surface area contributed by atoms with Gasteiger partial charge in [0.05, 0.1) is 6.04 Å². The Kier molecular flexibility index (Phi) is 7.95. The van der Waals surface area contributed by atoms with Crippen LogP contribution in [0.5, 0.6) is 0 Å². The number of carbonyl (C=O) groups excluding carboxylic acids is 5. The van der Waals surface area contributed by atoms with Crippen molar-refractivity contribution in [1.82, 2.24) is 21.3 Å². The molecule has 2 aliphatic carbocycles. The summed E-state index contributed by atoms with van der Waals surface area (Å²) in [5, 5.41) is 22.7. The first-order valence-electron chi connectivity index (χ1n) is 14.2. The third-order valence-electron chi connectivity index (χ3n) is 8.03. The van der Waals surface area contributed by atoms with Crippen LogP contribution < -0.4 is 21.3 Å². The first-order chi connectivity index (χ1) is 19.6. The highest BCUT2D eigenvalue weighted by molar-refractivity contribution is 6.38. The number of hydrogen-bond acceptors (Lipinski definition) is 6. The van der Waals surface area contributed by atoms with Crippen molar-refractivity contribution in [1.29, 1.82) is 0 Å². The van der Waals surface area contributed by atoms with Crippen molar-refractivity contribution >= 4 is 29.4 Å². The third-order valence-corrected chi connectivity index (χ3v) is 8.03.